The fraction of sp³-hybridized carbons (Fsp3) is 0.263. The van der Waals surface area contributed by atoms with Crippen molar-refractivity contribution in [3.8, 4) is 11.1 Å². The Morgan fingerprint density at radius 2 is 1.72 bits per heavy atom. The van der Waals surface area contributed by atoms with Gasteiger partial charge in [-0.3, -0.25) is 4.79 Å². The molecular weight excluding hydrogens is 338 g/mol. The van der Waals surface area contributed by atoms with Gasteiger partial charge in [-0.2, -0.15) is 0 Å². The fourth-order valence-corrected chi connectivity index (χ4v) is 3.59. The van der Waals surface area contributed by atoms with Crippen LogP contribution in [0.5, 0.6) is 0 Å². The van der Waals surface area contributed by atoms with Crippen LogP contribution in [0.15, 0.2) is 41.2 Å². The molecule has 1 aromatic heterocycles. The minimum Gasteiger partial charge on any atom is -0.339 e. The Morgan fingerprint density at radius 1 is 0.960 bits per heavy atom. The van der Waals surface area contributed by atoms with E-state index < -0.39 is 0 Å². The Balaban J connectivity index is 1.73. The highest BCUT2D eigenvalue weighted by atomic mass is 35.5. The normalized spacial score (nSPS) is 14.8. The number of carbonyl (C=O) groups is 1. The van der Waals surface area contributed by atoms with Gasteiger partial charge in [-0.15, -0.1) is 0 Å². The van der Waals surface area contributed by atoms with Crippen molar-refractivity contribution in [3.05, 3.63) is 57.5 Å². The van der Waals surface area contributed by atoms with Crippen LogP contribution in [0.2, 0.25) is 5.02 Å². The number of aromatic nitrogens is 2. The van der Waals surface area contributed by atoms with Gasteiger partial charge in [-0.25, -0.2) is 4.79 Å². The van der Waals surface area contributed by atoms with Crippen LogP contribution in [-0.2, 0) is 0 Å². The van der Waals surface area contributed by atoms with Crippen molar-refractivity contribution in [3.63, 3.8) is 0 Å². The van der Waals surface area contributed by atoms with Crippen molar-refractivity contribution in [2.45, 2.75) is 19.3 Å². The zero-order chi connectivity index (χ0) is 17.4. The number of H-pyrrole nitrogens is 2. The Hall–Kier alpha value is -2.53. The Bertz CT molecular complexity index is 999. The average Bonchev–Trinajstić information content (AvgIpc) is 3.01. The molecule has 0 atom stereocenters. The van der Waals surface area contributed by atoms with Gasteiger partial charge in [0.05, 0.1) is 11.0 Å². The first-order valence-electron chi connectivity index (χ1n) is 8.43. The summed E-state index contributed by atoms with van der Waals surface area (Å²) in [5.41, 5.74) is 3.50. The van der Waals surface area contributed by atoms with Crippen LogP contribution in [0, 0.1) is 0 Å². The van der Waals surface area contributed by atoms with E-state index in [-0.39, 0.29) is 11.6 Å². The Labute approximate surface area is 149 Å². The topological polar surface area (TPSA) is 69.0 Å². The van der Waals surface area contributed by atoms with Crippen LogP contribution in [0.25, 0.3) is 22.2 Å². The number of hydrogen-bond acceptors (Lipinski definition) is 2. The second-order valence-electron chi connectivity index (χ2n) is 6.39. The van der Waals surface area contributed by atoms with Crippen molar-refractivity contribution < 1.29 is 4.79 Å². The molecule has 25 heavy (non-hydrogen) atoms. The Kier molecular flexibility index (Phi) is 4.09. The van der Waals surface area contributed by atoms with Crippen molar-refractivity contribution in [1.29, 1.82) is 0 Å². The van der Waals surface area contributed by atoms with Gasteiger partial charge in [0.25, 0.3) is 5.91 Å². The molecule has 0 radical (unpaired) electrons. The number of hydrogen-bond donors (Lipinski definition) is 2. The lowest BCUT2D eigenvalue weighted by Crippen LogP contribution is -2.35. The van der Waals surface area contributed by atoms with E-state index in [4.69, 9.17) is 11.6 Å². The summed E-state index contributed by atoms with van der Waals surface area (Å²) in [5.74, 6) is 0.0498. The predicted molar refractivity (Wildman–Crippen MR) is 99.1 cm³/mol. The Morgan fingerprint density at radius 3 is 2.52 bits per heavy atom. The molecule has 4 rings (SSSR count). The summed E-state index contributed by atoms with van der Waals surface area (Å²) in [6.07, 6.45) is 3.30. The third-order valence-corrected chi connectivity index (χ3v) is 5.01. The first kappa shape index (κ1) is 16.0. The number of nitrogens with one attached hydrogen (secondary N) is 2. The first-order chi connectivity index (χ1) is 12.1. The maximum atomic E-state index is 12.7. The third-order valence-electron chi connectivity index (χ3n) is 4.68. The lowest BCUT2D eigenvalue weighted by Gasteiger charge is -2.27. The summed E-state index contributed by atoms with van der Waals surface area (Å²) in [6.45, 7) is 1.63. The number of rotatable bonds is 2. The number of amides is 1. The summed E-state index contributed by atoms with van der Waals surface area (Å²) in [5, 5.41) is 0.576. The van der Waals surface area contributed by atoms with E-state index >= 15 is 0 Å². The zero-order valence-electron chi connectivity index (χ0n) is 13.6. The number of fused-ring (bicyclic) bond motifs is 1. The molecule has 1 fully saturated rings. The number of imidazole rings is 1. The van der Waals surface area contributed by atoms with Crippen LogP contribution in [-0.4, -0.2) is 33.9 Å². The van der Waals surface area contributed by atoms with Crippen LogP contribution in [0.4, 0.5) is 0 Å². The molecule has 0 aliphatic carbocycles. The smallest absolute Gasteiger partial charge is 0.323 e. The SMILES string of the molecule is O=C(c1ccc(Cl)c(-c2ccc3[nH]c(=O)[nH]c3c2)c1)N1CCCCC1. The molecular formula is C19H18ClN3O2. The lowest BCUT2D eigenvalue weighted by molar-refractivity contribution is 0.0724. The number of halogens is 1. The molecule has 1 amide bonds. The molecule has 128 valence electrons. The van der Waals surface area contributed by atoms with E-state index in [0.717, 1.165) is 42.6 Å². The minimum atomic E-state index is -0.243. The monoisotopic (exact) mass is 355 g/mol. The fourth-order valence-electron chi connectivity index (χ4n) is 3.36. The molecule has 0 saturated carbocycles. The molecule has 1 saturated heterocycles. The molecule has 1 aliphatic rings. The lowest BCUT2D eigenvalue weighted by atomic mass is 10.0. The summed E-state index contributed by atoms with van der Waals surface area (Å²) in [4.78, 5) is 31.5. The maximum absolute atomic E-state index is 12.7. The standard InChI is InChI=1S/C19H18ClN3O2/c20-15-6-4-13(18(24)23-8-2-1-3-9-23)10-14(15)12-5-7-16-17(11-12)22-19(25)21-16/h4-7,10-11H,1-3,8-9H2,(H2,21,22,25). The summed E-state index contributed by atoms with van der Waals surface area (Å²) in [7, 11) is 0. The van der Waals surface area contributed by atoms with Gasteiger partial charge in [-0.1, -0.05) is 17.7 Å². The molecule has 0 spiro atoms. The van der Waals surface area contributed by atoms with Crippen molar-refractivity contribution >= 4 is 28.5 Å². The minimum absolute atomic E-state index is 0.0498. The van der Waals surface area contributed by atoms with Crippen LogP contribution in [0.3, 0.4) is 0 Å². The number of piperidine rings is 1. The van der Waals surface area contributed by atoms with Gasteiger partial charge in [0.15, 0.2) is 0 Å². The summed E-state index contributed by atoms with van der Waals surface area (Å²) < 4.78 is 0. The van der Waals surface area contributed by atoms with E-state index in [1.165, 1.54) is 6.42 Å². The number of aromatic amines is 2. The van der Waals surface area contributed by atoms with Gasteiger partial charge in [0, 0.05) is 29.2 Å². The summed E-state index contributed by atoms with van der Waals surface area (Å²) in [6, 6.07) is 11.0. The van der Waals surface area contributed by atoms with Gasteiger partial charge >= 0.3 is 5.69 Å². The van der Waals surface area contributed by atoms with Gasteiger partial charge in [0.1, 0.15) is 0 Å². The third kappa shape index (κ3) is 3.07. The highest BCUT2D eigenvalue weighted by Crippen LogP contribution is 2.31. The molecule has 1 aliphatic heterocycles. The largest absolute Gasteiger partial charge is 0.339 e. The molecule has 3 aromatic rings. The van der Waals surface area contributed by atoms with Crippen LogP contribution < -0.4 is 5.69 Å². The molecule has 6 heteroatoms. The highest BCUT2D eigenvalue weighted by Gasteiger charge is 2.19. The van der Waals surface area contributed by atoms with E-state index in [1.54, 1.807) is 12.1 Å². The van der Waals surface area contributed by atoms with Crippen molar-refractivity contribution in [2.75, 3.05) is 13.1 Å². The molecule has 2 aromatic carbocycles. The first-order valence-corrected chi connectivity index (χ1v) is 8.81. The molecule has 0 bridgehead atoms. The van der Waals surface area contributed by atoms with Gasteiger partial charge in [-0.05, 0) is 55.2 Å². The summed E-state index contributed by atoms with van der Waals surface area (Å²) >= 11 is 6.37. The van der Waals surface area contributed by atoms with Crippen LogP contribution >= 0.6 is 11.6 Å². The number of carbonyl (C=O) groups excluding carboxylic acids is 1. The van der Waals surface area contributed by atoms with E-state index in [2.05, 4.69) is 9.97 Å². The number of nitrogens with zero attached hydrogens (tertiary/aromatic N) is 1. The molecule has 2 heterocycles. The van der Waals surface area contributed by atoms with Crippen molar-refractivity contribution in [2.24, 2.45) is 0 Å². The van der Waals surface area contributed by atoms with Gasteiger partial charge < -0.3 is 14.9 Å². The van der Waals surface area contributed by atoms with Gasteiger partial charge in [0.2, 0.25) is 0 Å². The number of benzene rings is 2. The van der Waals surface area contributed by atoms with Crippen LogP contribution in [0.1, 0.15) is 29.6 Å². The molecule has 5 nitrogen and oxygen atoms in total. The van der Waals surface area contributed by atoms with E-state index in [0.29, 0.717) is 16.1 Å². The second kappa shape index (κ2) is 6.41. The number of likely N-dealkylation sites (tertiary alicyclic amines) is 1. The van der Waals surface area contributed by atoms with Crippen molar-refractivity contribution in [1.82, 2.24) is 14.9 Å². The highest BCUT2D eigenvalue weighted by molar-refractivity contribution is 6.33. The average molecular weight is 356 g/mol. The molecule has 0 unspecified atom stereocenters. The maximum Gasteiger partial charge on any atom is 0.323 e. The van der Waals surface area contributed by atoms with E-state index in [9.17, 15) is 9.59 Å². The zero-order valence-corrected chi connectivity index (χ0v) is 14.4. The van der Waals surface area contributed by atoms with E-state index in [1.807, 2.05) is 29.2 Å². The quantitative estimate of drug-likeness (QED) is 0.734. The second-order valence-corrected chi connectivity index (χ2v) is 6.79. The predicted octanol–water partition coefficient (Wildman–Crippen LogP) is 3.80. The molecule has 2 N–H and O–H groups in total.